The zero-order valence-corrected chi connectivity index (χ0v) is 14.9. The summed E-state index contributed by atoms with van der Waals surface area (Å²) in [5, 5.41) is 22.8. The average Bonchev–Trinajstić information content (AvgIpc) is 2.58. The number of amides is 1. The highest BCUT2D eigenvalue weighted by atomic mass is 32.1. The lowest BCUT2D eigenvalue weighted by molar-refractivity contribution is -0.117. The lowest BCUT2D eigenvalue weighted by atomic mass is 10.1. The van der Waals surface area contributed by atoms with Crippen molar-refractivity contribution in [2.24, 2.45) is 0 Å². The van der Waals surface area contributed by atoms with Crippen LogP contribution in [0.1, 0.15) is 49.1 Å². The van der Waals surface area contributed by atoms with Crippen molar-refractivity contribution in [1.29, 1.82) is 5.26 Å². The van der Waals surface area contributed by atoms with Gasteiger partial charge in [-0.1, -0.05) is 6.42 Å². The lowest BCUT2D eigenvalue weighted by Gasteiger charge is -2.24. The van der Waals surface area contributed by atoms with E-state index < -0.39 is 5.60 Å². The molecule has 23 heavy (non-hydrogen) atoms. The Morgan fingerprint density at radius 1 is 1.39 bits per heavy atom. The molecule has 1 aliphatic rings. The van der Waals surface area contributed by atoms with Crippen molar-refractivity contribution in [3.8, 4) is 6.07 Å². The molecule has 0 spiro atoms. The zero-order chi connectivity index (χ0) is 17.0. The highest BCUT2D eigenvalue weighted by Gasteiger charge is 2.22. The minimum absolute atomic E-state index is 0.148. The van der Waals surface area contributed by atoms with Gasteiger partial charge in [-0.3, -0.25) is 9.69 Å². The summed E-state index contributed by atoms with van der Waals surface area (Å²) in [6.07, 6.45) is 5.41. The molecule has 6 heteroatoms. The first-order chi connectivity index (χ1) is 10.8. The molecule has 0 saturated carbocycles. The van der Waals surface area contributed by atoms with Gasteiger partial charge in [0, 0.05) is 11.4 Å². The van der Waals surface area contributed by atoms with Crippen molar-refractivity contribution in [2.75, 3.05) is 25.5 Å². The normalized spacial score (nSPS) is 15.0. The van der Waals surface area contributed by atoms with E-state index in [9.17, 15) is 15.2 Å². The van der Waals surface area contributed by atoms with Gasteiger partial charge in [-0.05, 0) is 52.1 Å². The van der Waals surface area contributed by atoms with Crippen LogP contribution in [-0.2, 0) is 17.6 Å². The number of rotatable bonds is 5. The van der Waals surface area contributed by atoms with E-state index in [0.717, 1.165) is 31.2 Å². The second-order valence-electron chi connectivity index (χ2n) is 6.91. The van der Waals surface area contributed by atoms with Gasteiger partial charge < -0.3 is 10.4 Å². The van der Waals surface area contributed by atoms with Crippen LogP contribution >= 0.6 is 11.3 Å². The summed E-state index contributed by atoms with van der Waals surface area (Å²) in [5.74, 6) is -0.148. The van der Waals surface area contributed by atoms with Crippen LogP contribution in [0.2, 0.25) is 0 Å². The molecule has 1 amide bonds. The van der Waals surface area contributed by atoms with Crippen LogP contribution in [0.3, 0.4) is 0 Å². The van der Waals surface area contributed by atoms with Crippen LogP contribution in [0.15, 0.2) is 0 Å². The van der Waals surface area contributed by atoms with Gasteiger partial charge in [0.15, 0.2) is 0 Å². The number of anilines is 1. The molecular formula is C17H25N3O2S. The van der Waals surface area contributed by atoms with E-state index in [1.807, 2.05) is 0 Å². The summed E-state index contributed by atoms with van der Waals surface area (Å²) in [6.45, 7) is 4.03. The van der Waals surface area contributed by atoms with Crippen LogP contribution in [0.4, 0.5) is 5.00 Å². The zero-order valence-electron chi connectivity index (χ0n) is 14.1. The number of likely N-dealkylation sites (N-methyl/N-ethyl adjacent to an activating group) is 1. The third-order valence-corrected chi connectivity index (χ3v) is 5.06. The molecule has 5 nitrogen and oxygen atoms in total. The summed E-state index contributed by atoms with van der Waals surface area (Å²) in [5.41, 5.74) is 0.938. The Bertz CT molecular complexity index is 611. The number of aryl methyl sites for hydroxylation is 1. The van der Waals surface area contributed by atoms with Crippen LogP contribution in [0, 0.1) is 11.3 Å². The molecule has 0 bridgehead atoms. The van der Waals surface area contributed by atoms with Crippen LogP contribution in [0.5, 0.6) is 0 Å². The maximum absolute atomic E-state index is 12.2. The van der Waals surface area contributed by atoms with E-state index >= 15 is 0 Å². The van der Waals surface area contributed by atoms with Gasteiger partial charge >= 0.3 is 0 Å². The molecule has 1 aromatic heterocycles. The molecule has 0 aliphatic heterocycles. The van der Waals surface area contributed by atoms with Gasteiger partial charge in [0.05, 0.1) is 17.7 Å². The Hall–Kier alpha value is -1.42. The van der Waals surface area contributed by atoms with Crippen molar-refractivity contribution < 1.29 is 9.90 Å². The monoisotopic (exact) mass is 335 g/mol. The summed E-state index contributed by atoms with van der Waals surface area (Å²) < 4.78 is 0. The van der Waals surface area contributed by atoms with E-state index in [2.05, 4.69) is 11.4 Å². The molecule has 0 atom stereocenters. The summed E-state index contributed by atoms with van der Waals surface area (Å²) >= 11 is 1.55. The lowest BCUT2D eigenvalue weighted by Crippen LogP contribution is -2.40. The number of nitrogens with one attached hydrogen (secondary N) is 1. The molecule has 0 saturated heterocycles. The van der Waals surface area contributed by atoms with Gasteiger partial charge in [0.1, 0.15) is 11.1 Å². The Morgan fingerprint density at radius 3 is 2.74 bits per heavy atom. The molecule has 1 aliphatic carbocycles. The number of hydrogen-bond donors (Lipinski definition) is 2. The van der Waals surface area contributed by atoms with Crippen molar-refractivity contribution >= 4 is 22.2 Å². The Labute approximate surface area is 141 Å². The second-order valence-corrected chi connectivity index (χ2v) is 8.02. The third-order valence-electron chi connectivity index (χ3n) is 3.86. The number of aliphatic hydroxyl groups is 1. The van der Waals surface area contributed by atoms with E-state index in [4.69, 9.17) is 0 Å². The molecule has 2 N–H and O–H groups in total. The predicted molar refractivity (Wildman–Crippen MR) is 92.7 cm³/mol. The van der Waals surface area contributed by atoms with Crippen molar-refractivity contribution in [1.82, 2.24) is 4.90 Å². The number of fused-ring (bicyclic) bond motifs is 1. The van der Waals surface area contributed by atoms with Crippen LogP contribution < -0.4 is 5.32 Å². The molecule has 2 rings (SSSR count). The second kappa shape index (κ2) is 7.43. The van der Waals surface area contributed by atoms with Gasteiger partial charge in [-0.2, -0.15) is 5.26 Å². The number of hydrogen-bond acceptors (Lipinski definition) is 5. The minimum Gasteiger partial charge on any atom is -0.389 e. The van der Waals surface area contributed by atoms with Crippen LogP contribution in [-0.4, -0.2) is 41.7 Å². The number of carbonyl (C=O) groups excluding carboxylic acids is 1. The van der Waals surface area contributed by atoms with Crippen molar-refractivity contribution in [2.45, 2.75) is 51.6 Å². The molecular weight excluding hydrogens is 310 g/mol. The largest absolute Gasteiger partial charge is 0.389 e. The smallest absolute Gasteiger partial charge is 0.239 e. The highest BCUT2D eigenvalue weighted by Crippen LogP contribution is 2.36. The fourth-order valence-corrected chi connectivity index (χ4v) is 4.33. The first-order valence-electron chi connectivity index (χ1n) is 8.05. The van der Waals surface area contributed by atoms with Crippen molar-refractivity contribution in [3.05, 3.63) is 16.0 Å². The number of nitriles is 1. The summed E-state index contributed by atoms with van der Waals surface area (Å²) in [6, 6.07) is 2.27. The Morgan fingerprint density at radius 2 is 2.09 bits per heavy atom. The molecule has 0 unspecified atom stereocenters. The fourth-order valence-electron chi connectivity index (χ4n) is 3.08. The van der Waals surface area contributed by atoms with E-state index in [1.54, 1.807) is 37.1 Å². The number of thiophene rings is 1. The molecule has 0 radical (unpaired) electrons. The average molecular weight is 335 g/mol. The van der Waals surface area contributed by atoms with Gasteiger partial charge in [0.2, 0.25) is 5.91 Å². The van der Waals surface area contributed by atoms with Gasteiger partial charge in [0.25, 0.3) is 0 Å². The number of nitrogens with zero attached hydrogens (tertiary/aromatic N) is 2. The molecule has 0 fully saturated rings. The van der Waals surface area contributed by atoms with E-state index in [-0.39, 0.29) is 12.5 Å². The first kappa shape index (κ1) is 17.9. The standard InChI is InChI=1S/C17H25N3O2S/c1-17(2,22)11-20(3)10-15(21)19-16-13(9-18)12-7-5-4-6-8-14(12)23-16/h22H,4-8,10-11H2,1-3H3,(H,19,21). The molecule has 1 heterocycles. The van der Waals surface area contributed by atoms with Gasteiger partial charge in [-0.25, -0.2) is 0 Å². The Balaban J connectivity index is 2.05. The van der Waals surface area contributed by atoms with Gasteiger partial charge in [-0.15, -0.1) is 11.3 Å². The first-order valence-corrected chi connectivity index (χ1v) is 8.87. The van der Waals surface area contributed by atoms with E-state index in [1.165, 1.54) is 11.3 Å². The quantitative estimate of drug-likeness (QED) is 0.811. The fraction of sp³-hybridized carbons (Fsp3) is 0.647. The van der Waals surface area contributed by atoms with Crippen molar-refractivity contribution in [3.63, 3.8) is 0 Å². The predicted octanol–water partition coefficient (Wildman–Crippen LogP) is 2.53. The molecule has 0 aromatic carbocycles. The SMILES string of the molecule is CN(CC(=O)Nc1sc2c(c1C#N)CCCCC2)CC(C)(C)O. The minimum atomic E-state index is -0.840. The van der Waals surface area contributed by atoms with E-state index in [0.29, 0.717) is 17.1 Å². The maximum atomic E-state index is 12.2. The topological polar surface area (TPSA) is 76.4 Å². The maximum Gasteiger partial charge on any atom is 0.239 e. The summed E-state index contributed by atoms with van der Waals surface area (Å²) in [4.78, 5) is 15.2. The highest BCUT2D eigenvalue weighted by molar-refractivity contribution is 7.16. The summed E-state index contributed by atoms with van der Waals surface area (Å²) in [7, 11) is 1.80. The van der Waals surface area contributed by atoms with Crippen LogP contribution in [0.25, 0.3) is 0 Å². The number of carbonyl (C=O) groups is 1. The molecule has 126 valence electrons. The third kappa shape index (κ3) is 5.03. The molecule has 1 aromatic rings. The Kier molecular flexibility index (Phi) is 5.79.